The average molecular weight is 1130 g/mol. The van der Waals surface area contributed by atoms with Crippen LogP contribution in [-0.2, 0) is 14.3 Å². The quantitative estimate of drug-likeness (QED) is 0.0320. The van der Waals surface area contributed by atoms with Crippen molar-refractivity contribution in [3.05, 3.63) is 24.3 Å². The lowest BCUT2D eigenvalue weighted by atomic mass is 10.0. The van der Waals surface area contributed by atoms with Gasteiger partial charge in [0, 0.05) is 12.8 Å². The van der Waals surface area contributed by atoms with Crippen LogP contribution in [0.3, 0.4) is 0 Å². The topological polar surface area (TPSA) is 95.9 Å². The molecule has 474 valence electrons. The molecule has 2 unspecified atom stereocenters. The van der Waals surface area contributed by atoms with Gasteiger partial charge in [-0.15, -0.1) is 0 Å². The van der Waals surface area contributed by atoms with E-state index in [-0.39, 0.29) is 18.5 Å². The van der Waals surface area contributed by atoms with Gasteiger partial charge in [-0.25, -0.2) is 0 Å². The number of carbonyl (C=O) groups is 2. The summed E-state index contributed by atoms with van der Waals surface area (Å²) in [7, 11) is 0. The molecule has 0 aromatic rings. The van der Waals surface area contributed by atoms with Gasteiger partial charge in [-0.3, -0.25) is 9.59 Å². The molecule has 0 aliphatic carbocycles. The lowest BCUT2D eigenvalue weighted by molar-refractivity contribution is -0.143. The Hall–Kier alpha value is -1.66. The summed E-state index contributed by atoms with van der Waals surface area (Å²) in [5, 5.41) is 23.3. The van der Waals surface area contributed by atoms with Gasteiger partial charge in [-0.05, 0) is 57.8 Å². The molecule has 0 aromatic heterocycles. The fourth-order valence-electron chi connectivity index (χ4n) is 11.6. The van der Waals surface area contributed by atoms with E-state index in [4.69, 9.17) is 4.74 Å². The van der Waals surface area contributed by atoms with Crippen LogP contribution in [0.4, 0.5) is 0 Å². The second-order valence-electron chi connectivity index (χ2n) is 25.3. The molecule has 0 aliphatic rings. The molecule has 0 rings (SSSR count). The normalized spacial score (nSPS) is 12.6. The molecule has 0 fully saturated rings. The third-order valence-electron chi connectivity index (χ3n) is 17.2. The smallest absolute Gasteiger partial charge is 0.305 e. The number of unbranched alkanes of at least 4 members (excludes halogenated alkanes) is 56. The average Bonchev–Trinajstić information content (AvgIpc) is 3.46. The van der Waals surface area contributed by atoms with E-state index in [2.05, 4.69) is 31.3 Å². The van der Waals surface area contributed by atoms with Crippen LogP contribution in [0.1, 0.15) is 412 Å². The second kappa shape index (κ2) is 69.8. The Morgan fingerprint density at radius 1 is 0.338 bits per heavy atom. The van der Waals surface area contributed by atoms with E-state index in [1.807, 2.05) is 6.08 Å². The fraction of sp³-hybridized carbons (Fsp3) is 0.919. The van der Waals surface area contributed by atoms with Crippen molar-refractivity contribution in [1.82, 2.24) is 5.32 Å². The van der Waals surface area contributed by atoms with E-state index in [0.717, 1.165) is 38.5 Å². The monoisotopic (exact) mass is 1130 g/mol. The van der Waals surface area contributed by atoms with Gasteiger partial charge in [0.25, 0.3) is 0 Å². The Balaban J connectivity index is 3.41. The van der Waals surface area contributed by atoms with Gasteiger partial charge in [0.05, 0.1) is 25.4 Å². The van der Waals surface area contributed by atoms with Crippen LogP contribution in [0.25, 0.3) is 0 Å². The van der Waals surface area contributed by atoms with Crippen LogP contribution in [0.15, 0.2) is 24.3 Å². The predicted molar refractivity (Wildman–Crippen MR) is 352 cm³/mol. The first kappa shape index (κ1) is 78.3. The van der Waals surface area contributed by atoms with E-state index in [0.29, 0.717) is 19.4 Å². The standard InChI is InChI=1S/C74H143NO5/c1-3-5-7-9-11-13-15-17-19-20-21-22-27-30-33-36-39-42-46-50-54-58-62-66-72(77)71(70-76)75-73(78)67-63-59-55-51-47-43-40-37-34-31-28-25-23-24-26-29-32-35-38-41-45-49-53-57-61-65-69-80-74(79)68-64-60-56-52-48-44-18-16-14-12-10-8-6-4-2/h23,25,62,66,71-72,76-77H,3-22,24,26-61,63-65,67-70H2,1-2H3,(H,75,78)/b25-23-,66-62+. The van der Waals surface area contributed by atoms with Crippen molar-refractivity contribution in [3.63, 3.8) is 0 Å². The zero-order chi connectivity index (χ0) is 57.8. The Kier molecular flexibility index (Phi) is 68.4. The summed E-state index contributed by atoms with van der Waals surface area (Å²) < 4.78 is 5.49. The van der Waals surface area contributed by atoms with Gasteiger partial charge in [-0.2, -0.15) is 0 Å². The molecule has 6 nitrogen and oxygen atoms in total. The molecule has 0 heterocycles. The Morgan fingerprint density at radius 3 is 0.887 bits per heavy atom. The first-order valence-electron chi connectivity index (χ1n) is 36.6. The third kappa shape index (κ3) is 65.5. The first-order chi connectivity index (χ1) is 39.5. The van der Waals surface area contributed by atoms with Crippen molar-refractivity contribution < 1.29 is 24.5 Å². The summed E-state index contributed by atoms with van der Waals surface area (Å²) in [4.78, 5) is 24.6. The number of hydrogen-bond donors (Lipinski definition) is 3. The van der Waals surface area contributed by atoms with Crippen molar-refractivity contribution in [2.24, 2.45) is 0 Å². The van der Waals surface area contributed by atoms with Crippen LogP contribution in [0, 0.1) is 0 Å². The van der Waals surface area contributed by atoms with Crippen molar-refractivity contribution in [2.75, 3.05) is 13.2 Å². The number of allylic oxidation sites excluding steroid dienone is 3. The molecule has 0 aliphatic heterocycles. The van der Waals surface area contributed by atoms with E-state index in [1.165, 1.54) is 347 Å². The predicted octanol–water partition coefficient (Wildman–Crippen LogP) is 23.7. The molecule has 0 saturated carbocycles. The maximum Gasteiger partial charge on any atom is 0.305 e. The maximum atomic E-state index is 12.5. The van der Waals surface area contributed by atoms with Gasteiger partial charge < -0.3 is 20.3 Å². The number of carbonyl (C=O) groups excluding carboxylic acids is 2. The van der Waals surface area contributed by atoms with Gasteiger partial charge in [0.1, 0.15) is 0 Å². The van der Waals surface area contributed by atoms with Crippen LogP contribution in [0.5, 0.6) is 0 Å². The molecule has 0 aromatic carbocycles. The number of amides is 1. The first-order valence-corrected chi connectivity index (χ1v) is 36.6. The number of aliphatic hydroxyl groups excluding tert-OH is 2. The highest BCUT2D eigenvalue weighted by Gasteiger charge is 2.18. The molecule has 1 amide bonds. The van der Waals surface area contributed by atoms with E-state index < -0.39 is 12.1 Å². The third-order valence-corrected chi connectivity index (χ3v) is 17.2. The zero-order valence-corrected chi connectivity index (χ0v) is 54.3. The van der Waals surface area contributed by atoms with Crippen LogP contribution < -0.4 is 5.32 Å². The highest BCUT2D eigenvalue weighted by Crippen LogP contribution is 2.19. The molecular formula is C74H143NO5. The number of aliphatic hydroxyl groups is 2. The molecule has 6 heteroatoms. The highest BCUT2D eigenvalue weighted by molar-refractivity contribution is 5.76. The molecular weight excluding hydrogens is 983 g/mol. The van der Waals surface area contributed by atoms with Crippen molar-refractivity contribution >= 4 is 11.9 Å². The molecule has 3 N–H and O–H groups in total. The highest BCUT2D eigenvalue weighted by atomic mass is 16.5. The number of rotatable bonds is 69. The van der Waals surface area contributed by atoms with E-state index in [9.17, 15) is 19.8 Å². The summed E-state index contributed by atoms with van der Waals surface area (Å²) in [6.07, 6.45) is 88.4. The van der Waals surface area contributed by atoms with Gasteiger partial charge in [-0.1, -0.05) is 366 Å². The van der Waals surface area contributed by atoms with Gasteiger partial charge >= 0.3 is 5.97 Å². The summed E-state index contributed by atoms with van der Waals surface area (Å²) in [6, 6.07) is -0.630. The number of esters is 1. The summed E-state index contributed by atoms with van der Waals surface area (Å²) >= 11 is 0. The lowest BCUT2D eigenvalue weighted by Crippen LogP contribution is -2.45. The SMILES string of the molecule is CCCCCCCCCCCCCCCCCCCCCCC/C=C/C(O)C(CO)NC(=O)CCCCCCCCCCCC/C=C\CCCCCCCCCCCCCCOC(=O)CCCCCCCCCCCCCCCC. The summed E-state index contributed by atoms with van der Waals surface area (Å²) in [5.74, 6) is -0.0482. The lowest BCUT2D eigenvalue weighted by Gasteiger charge is -2.20. The summed E-state index contributed by atoms with van der Waals surface area (Å²) in [5.41, 5.74) is 0. The largest absolute Gasteiger partial charge is 0.466 e. The minimum absolute atomic E-state index is 0.0171. The molecule has 0 radical (unpaired) electrons. The molecule has 0 spiro atoms. The maximum absolute atomic E-state index is 12.5. The second-order valence-corrected chi connectivity index (χ2v) is 25.3. The van der Waals surface area contributed by atoms with Crippen molar-refractivity contribution in [2.45, 2.75) is 424 Å². The van der Waals surface area contributed by atoms with Crippen LogP contribution in [0.2, 0.25) is 0 Å². The van der Waals surface area contributed by atoms with Crippen LogP contribution >= 0.6 is 0 Å². The Morgan fingerprint density at radius 2 is 0.588 bits per heavy atom. The van der Waals surface area contributed by atoms with Crippen molar-refractivity contribution in [3.8, 4) is 0 Å². The van der Waals surface area contributed by atoms with Gasteiger partial charge in [0.15, 0.2) is 0 Å². The molecule has 2 atom stereocenters. The van der Waals surface area contributed by atoms with Crippen molar-refractivity contribution in [1.29, 1.82) is 0 Å². The van der Waals surface area contributed by atoms with E-state index in [1.54, 1.807) is 6.08 Å². The Bertz CT molecular complexity index is 1250. The van der Waals surface area contributed by atoms with E-state index >= 15 is 0 Å². The minimum atomic E-state index is -0.847. The summed E-state index contributed by atoms with van der Waals surface area (Å²) in [6.45, 7) is 4.95. The zero-order valence-electron chi connectivity index (χ0n) is 54.3. The van der Waals surface area contributed by atoms with Crippen LogP contribution in [-0.4, -0.2) is 47.4 Å². The Labute approximate surface area is 501 Å². The number of nitrogens with one attached hydrogen (secondary N) is 1. The molecule has 0 bridgehead atoms. The number of ether oxygens (including phenoxy) is 1. The number of hydrogen-bond acceptors (Lipinski definition) is 5. The van der Waals surface area contributed by atoms with Gasteiger partial charge in [0.2, 0.25) is 5.91 Å². The molecule has 80 heavy (non-hydrogen) atoms. The fourth-order valence-corrected chi connectivity index (χ4v) is 11.6. The molecule has 0 saturated heterocycles. The minimum Gasteiger partial charge on any atom is -0.466 e.